The van der Waals surface area contributed by atoms with Gasteiger partial charge >= 0.3 is 0 Å². The monoisotopic (exact) mass is 283 g/mol. The van der Waals surface area contributed by atoms with Gasteiger partial charge in [-0.2, -0.15) is 0 Å². The molecule has 17 heavy (non-hydrogen) atoms. The SMILES string of the molecule is CCCNC(C)CC(C)S(=O)CCS(C)(=O)=O. The zero-order valence-corrected chi connectivity index (χ0v) is 12.9. The summed E-state index contributed by atoms with van der Waals surface area (Å²) in [7, 11) is -4.06. The molecule has 3 unspecified atom stereocenters. The molecule has 4 nitrogen and oxygen atoms in total. The van der Waals surface area contributed by atoms with Gasteiger partial charge in [-0.25, -0.2) is 8.42 Å². The third-order valence-corrected chi connectivity index (χ3v) is 5.43. The van der Waals surface area contributed by atoms with Gasteiger partial charge in [-0.05, 0) is 26.3 Å². The highest BCUT2D eigenvalue weighted by molar-refractivity contribution is 7.92. The molecular weight excluding hydrogens is 258 g/mol. The number of hydrogen-bond donors (Lipinski definition) is 1. The number of rotatable bonds is 9. The second-order valence-electron chi connectivity index (χ2n) is 4.62. The number of nitrogens with one attached hydrogen (secondary N) is 1. The van der Waals surface area contributed by atoms with E-state index < -0.39 is 20.6 Å². The molecule has 0 aliphatic carbocycles. The van der Waals surface area contributed by atoms with E-state index >= 15 is 0 Å². The highest BCUT2D eigenvalue weighted by Gasteiger charge is 2.16. The molecule has 0 aliphatic rings. The molecule has 0 aromatic carbocycles. The Labute approximate surface area is 108 Å². The Balaban J connectivity index is 3.97. The summed E-state index contributed by atoms with van der Waals surface area (Å²) in [5.41, 5.74) is 0. The molecule has 0 amide bonds. The Hall–Kier alpha value is 0.0600. The Morgan fingerprint density at radius 2 is 1.88 bits per heavy atom. The van der Waals surface area contributed by atoms with Crippen molar-refractivity contribution in [2.24, 2.45) is 0 Å². The van der Waals surface area contributed by atoms with E-state index in [0.29, 0.717) is 6.04 Å². The van der Waals surface area contributed by atoms with Gasteiger partial charge in [0.2, 0.25) is 0 Å². The van der Waals surface area contributed by atoms with Gasteiger partial charge in [0.05, 0.1) is 5.75 Å². The first-order chi connectivity index (χ1) is 7.76. The Bertz CT molecular complexity index is 328. The molecule has 1 N–H and O–H groups in total. The van der Waals surface area contributed by atoms with Crippen LogP contribution in [0, 0.1) is 0 Å². The van der Waals surface area contributed by atoms with Crippen molar-refractivity contribution in [1.29, 1.82) is 0 Å². The summed E-state index contributed by atoms with van der Waals surface area (Å²) in [5, 5.41) is 3.38. The van der Waals surface area contributed by atoms with Crippen molar-refractivity contribution in [3.8, 4) is 0 Å². The molecule has 0 saturated heterocycles. The van der Waals surface area contributed by atoms with Gasteiger partial charge < -0.3 is 5.32 Å². The van der Waals surface area contributed by atoms with Crippen LogP contribution in [0.4, 0.5) is 0 Å². The van der Waals surface area contributed by atoms with Gasteiger partial charge in [0, 0.05) is 34.1 Å². The maximum absolute atomic E-state index is 11.8. The Kier molecular flexibility index (Phi) is 8.24. The lowest BCUT2D eigenvalue weighted by Gasteiger charge is -2.18. The van der Waals surface area contributed by atoms with Crippen molar-refractivity contribution in [2.45, 2.75) is 44.9 Å². The van der Waals surface area contributed by atoms with Crippen LogP contribution in [0.25, 0.3) is 0 Å². The molecule has 0 fully saturated rings. The maximum Gasteiger partial charge on any atom is 0.148 e. The molecule has 0 bridgehead atoms. The van der Waals surface area contributed by atoms with Crippen LogP contribution in [0.15, 0.2) is 0 Å². The molecule has 0 aromatic heterocycles. The largest absolute Gasteiger partial charge is 0.314 e. The van der Waals surface area contributed by atoms with Crippen molar-refractivity contribution in [3.05, 3.63) is 0 Å². The average molecular weight is 283 g/mol. The molecule has 104 valence electrons. The minimum absolute atomic E-state index is 0.0146. The van der Waals surface area contributed by atoms with E-state index in [2.05, 4.69) is 19.2 Å². The molecule has 3 atom stereocenters. The summed E-state index contributed by atoms with van der Waals surface area (Å²) in [5.74, 6) is 0.265. The lowest BCUT2D eigenvalue weighted by Crippen LogP contribution is -2.32. The fourth-order valence-electron chi connectivity index (χ4n) is 1.51. The summed E-state index contributed by atoms with van der Waals surface area (Å²) < 4.78 is 33.8. The fraction of sp³-hybridized carbons (Fsp3) is 1.00. The summed E-state index contributed by atoms with van der Waals surface area (Å²) in [4.78, 5) is 0. The van der Waals surface area contributed by atoms with Crippen LogP contribution in [-0.4, -0.2) is 48.2 Å². The van der Waals surface area contributed by atoms with Gasteiger partial charge in [0.1, 0.15) is 9.84 Å². The lowest BCUT2D eigenvalue weighted by molar-refractivity contribution is 0.508. The quantitative estimate of drug-likeness (QED) is 0.684. The maximum atomic E-state index is 11.8. The molecule has 0 aliphatic heterocycles. The predicted octanol–water partition coefficient (Wildman–Crippen LogP) is 0.946. The smallest absolute Gasteiger partial charge is 0.148 e. The van der Waals surface area contributed by atoms with Crippen LogP contribution in [0.3, 0.4) is 0 Å². The molecule has 6 heteroatoms. The summed E-state index contributed by atoms with van der Waals surface area (Å²) in [6, 6.07) is 0.326. The van der Waals surface area contributed by atoms with Crippen molar-refractivity contribution in [2.75, 3.05) is 24.3 Å². The average Bonchev–Trinajstić information content (AvgIpc) is 2.21. The topological polar surface area (TPSA) is 63.2 Å². The first-order valence-corrected chi connectivity index (χ1v) is 9.48. The molecule has 0 saturated carbocycles. The van der Waals surface area contributed by atoms with Crippen molar-refractivity contribution in [1.82, 2.24) is 5.32 Å². The zero-order valence-electron chi connectivity index (χ0n) is 11.2. The first kappa shape index (κ1) is 17.1. The molecule has 0 rings (SSSR count). The minimum atomic E-state index is -3.00. The molecular formula is C11H25NO3S2. The second-order valence-corrected chi connectivity index (χ2v) is 8.85. The normalized spacial score (nSPS) is 17.6. The predicted molar refractivity (Wildman–Crippen MR) is 74.6 cm³/mol. The highest BCUT2D eigenvalue weighted by Crippen LogP contribution is 2.06. The van der Waals surface area contributed by atoms with E-state index in [-0.39, 0.29) is 16.8 Å². The molecule has 0 radical (unpaired) electrons. The van der Waals surface area contributed by atoms with Crippen molar-refractivity contribution in [3.63, 3.8) is 0 Å². The van der Waals surface area contributed by atoms with Gasteiger partial charge in [-0.15, -0.1) is 0 Å². The fourth-order valence-corrected chi connectivity index (χ4v) is 4.29. The Morgan fingerprint density at radius 1 is 1.29 bits per heavy atom. The minimum Gasteiger partial charge on any atom is -0.314 e. The van der Waals surface area contributed by atoms with Crippen LogP contribution in [-0.2, 0) is 20.6 Å². The summed E-state index contributed by atoms with van der Waals surface area (Å²) >= 11 is 0. The first-order valence-electron chi connectivity index (χ1n) is 6.04. The van der Waals surface area contributed by atoms with E-state index in [4.69, 9.17) is 0 Å². The lowest BCUT2D eigenvalue weighted by atomic mass is 10.2. The van der Waals surface area contributed by atoms with Crippen LogP contribution in [0.1, 0.15) is 33.6 Å². The summed E-state index contributed by atoms with van der Waals surface area (Å²) in [6.45, 7) is 7.06. The van der Waals surface area contributed by atoms with E-state index in [1.807, 2.05) is 6.92 Å². The van der Waals surface area contributed by atoms with Gasteiger partial charge in [0.15, 0.2) is 0 Å². The van der Waals surface area contributed by atoms with Crippen LogP contribution in [0.5, 0.6) is 0 Å². The van der Waals surface area contributed by atoms with Crippen LogP contribution in [0.2, 0.25) is 0 Å². The van der Waals surface area contributed by atoms with Crippen LogP contribution < -0.4 is 5.32 Å². The van der Waals surface area contributed by atoms with E-state index in [9.17, 15) is 12.6 Å². The standard InChI is InChI=1S/C11H25NO3S2/c1-5-6-12-10(2)9-11(3)16(13)7-8-17(4,14)15/h10-12H,5-9H2,1-4H3. The van der Waals surface area contributed by atoms with E-state index in [1.165, 1.54) is 6.26 Å². The van der Waals surface area contributed by atoms with Gasteiger partial charge in [0.25, 0.3) is 0 Å². The van der Waals surface area contributed by atoms with Gasteiger partial charge in [-0.1, -0.05) is 13.8 Å². The van der Waals surface area contributed by atoms with E-state index in [0.717, 1.165) is 19.4 Å². The molecule has 0 aromatic rings. The van der Waals surface area contributed by atoms with Crippen molar-refractivity contribution < 1.29 is 12.6 Å². The third-order valence-electron chi connectivity index (χ3n) is 2.53. The number of sulfone groups is 1. The van der Waals surface area contributed by atoms with E-state index in [1.54, 1.807) is 0 Å². The zero-order chi connectivity index (χ0) is 13.5. The van der Waals surface area contributed by atoms with Crippen LogP contribution >= 0.6 is 0 Å². The number of hydrogen-bond acceptors (Lipinski definition) is 4. The second kappa shape index (κ2) is 8.21. The van der Waals surface area contributed by atoms with Crippen molar-refractivity contribution >= 4 is 20.6 Å². The molecule has 0 spiro atoms. The highest BCUT2D eigenvalue weighted by atomic mass is 32.2. The third kappa shape index (κ3) is 9.73. The molecule has 0 heterocycles. The Morgan fingerprint density at radius 3 is 2.35 bits per heavy atom. The summed E-state index contributed by atoms with van der Waals surface area (Å²) in [6.07, 6.45) is 3.08. The van der Waals surface area contributed by atoms with Gasteiger partial charge in [-0.3, -0.25) is 4.21 Å².